The summed E-state index contributed by atoms with van der Waals surface area (Å²) in [4.78, 5) is 27.7. The third kappa shape index (κ3) is 3.88. The van der Waals surface area contributed by atoms with E-state index in [1.54, 1.807) is 27.3 Å². The van der Waals surface area contributed by atoms with Gasteiger partial charge in [0.05, 0.1) is 5.92 Å². The van der Waals surface area contributed by atoms with E-state index in [2.05, 4.69) is 0 Å². The summed E-state index contributed by atoms with van der Waals surface area (Å²) in [5.41, 5.74) is 0. The zero-order valence-electron chi connectivity index (χ0n) is 14.3. The molecule has 0 radical (unpaired) electrons. The number of carbonyl (C=O) groups excluding carboxylic acids is 2. The number of piperidine rings is 1. The molecule has 7 nitrogen and oxygen atoms in total. The van der Waals surface area contributed by atoms with Crippen LogP contribution in [-0.2, 0) is 19.6 Å². The van der Waals surface area contributed by atoms with Gasteiger partial charge in [0.25, 0.3) is 10.0 Å². The Hall–Kier alpha value is -1.45. The Morgan fingerprint density at radius 2 is 1.84 bits per heavy atom. The summed E-state index contributed by atoms with van der Waals surface area (Å²) in [7, 11) is -3.45. The summed E-state index contributed by atoms with van der Waals surface area (Å²) in [5, 5.41) is 1.75. The Bertz CT molecular complexity index is 725. The molecule has 138 valence electrons. The quantitative estimate of drug-likeness (QED) is 0.772. The SMILES string of the molecule is CC(=O)N1CCC[C@H](C(=O)N2CCN(S(=O)(=O)c3cccs3)CC2)C1. The van der Waals surface area contributed by atoms with Gasteiger partial charge in [-0.25, -0.2) is 8.42 Å². The molecular formula is C16H23N3O4S2. The van der Waals surface area contributed by atoms with Crippen molar-refractivity contribution in [3.8, 4) is 0 Å². The predicted molar refractivity (Wildman–Crippen MR) is 94.6 cm³/mol. The number of hydrogen-bond acceptors (Lipinski definition) is 5. The predicted octanol–water partition coefficient (Wildman–Crippen LogP) is 0.840. The first-order chi connectivity index (χ1) is 11.9. The fraction of sp³-hybridized carbons (Fsp3) is 0.625. The van der Waals surface area contributed by atoms with Crippen molar-refractivity contribution in [1.82, 2.24) is 14.1 Å². The average molecular weight is 386 g/mol. The van der Waals surface area contributed by atoms with Gasteiger partial charge in [-0.2, -0.15) is 4.31 Å². The molecule has 3 heterocycles. The molecule has 3 rings (SSSR count). The summed E-state index contributed by atoms with van der Waals surface area (Å²) in [6, 6.07) is 3.33. The molecule has 25 heavy (non-hydrogen) atoms. The number of hydrogen-bond donors (Lipinski definition) is 0. The van der Waals surface area contributed by atoms with Crippen molar-refractivity contribution < 1.29 is 18.0 Å². The molecule has 0 aromatic carbocycles. The first kappa shape index (κ1) is 18.3. The van der Waals surface area contributed by atoms with Crippen molar-refractivity contribution in [2.75, 3.05) is 39.3 Å². The van der Waals surface area contributed by atoms with Crippen LogP contribution in [-0.4, -0.2) is 73.6 Å². The molecule has 2 fully saturated rings. The third-order valence-corrected chi connectivity index (χ3v) is 8.13. The van der Waals surface area contributed by atoms with Gasteiger partial charge in [0.1, 0.15) is 4.21 Å². The minimum atomic E-state index is -3.45. The van der Waals surface area contributed by atoms with Gasteiger partial charge in [0.2, 0.25) is 11.8 Å². The van der Waals surface area contributed by atoms with Crippen LogP contribution in [0.25, 0.3) is 0 Å². The monoisotopic (exact) mass is 385 g/mol. The maximum absolute atomic E-state index is 12.7. The fourth-order valence-electron chi connectivity index (χ4n) is 3.41. The van der Waals surface area contributed by atoms with E-state index in [0.717, 1.165) is 12.8 Å². The fourth-order valence-corrected chi connectivity index (χ4v) is 5.98. The molecular weight excluding hydrogens is 362 g/mol. The Balaban J connectivity index is 1.59. The van der Waals surface area contributed by atoms with Crippen LogP contribution in [0.3, 0.4) is 0 Å². The smallest absolute Gasteiger partial charge is 0.252 e. The van der Waals surface area contributed by atoms with E-state index >= 15 is 0 Å². The van der Waals surface area contributed by atoms with Crippen LogP contribution >= 0.6 is 11.3 Å². The molecule has 1 aromatic rings. The number of nitrogens with zero attached hydrogens (tertiary/aromatic N) is 3. The number of thiophene rings is 1. The molecule has 0 aliphatic carbocycles. The Morgan fingerprint density at radius 3 is 2.44 bits per heavy atom. The molecule has 1 atom stereocenters. The van der Waals surface area contributed by atoms with Gasteiger partial charge < -0.3 is 9.80 Å². The van der Waals surface area contributed by atoms with E-state index in [4.69, 9.17) is 0 Å². The van der Waals surface area contributed by atoms with Crippen LogP contribution < -0.4 is 0 Å². The molecule has 2 amide bonds. The summed E-state index contributed by atoms with van der Waals surface area (Å²) >= 11 is 1.21. The lowest BCUT2D eigenvalue weighted by Crippen LogP contribution is -2.53. The van der Waals surface area contributed by atoms with Crippen LogP contribution in [0.15, 0.2) is 21.7 Å². The van der Waals surface area contributed by atoms with E-state index in [1.165, 1.54) is 22.6 Å². The van der Waals surface area contributed by atoms with E-state index in [1.807, 2.05) is 0 Å². The second-order valence-electron chi connectivity index (χ2n) is 6.47. The summed E-state index contributed by atoms with van der Waals surface area (Å²) in [6.07, 6.45) is 1.62. The van der Waals surface area contributed by atoms with Crippen molar-refractivity contribution in [2.45, 2.75) is 24.0 Å². The number of rotatable bonds is 3. The van der Waals surface area contributed by atoms with Gasteiger partial charge in [0.15, 0.2) is 0 Å². The molecule has 9 heteroatoms. The molecule has 2 aliphatic heterocycles. The Morgan fingerprint density at radius 1 is 1.12 bits per heavy atom. The second kappa shape index (κ2) is 7.43. The first-order valence-electron chi connectivity index (χ1n) is 8.47. The van der Waals surface area contributed by atoms with Gasteiger partial charge in [-0.05, 0) is 24.3 Å². The second-order valence-corrected chi connectivity index (χ2v) is 9.58. The highest BCUT2D eigenvalue weighted by atomic mass is 32.2. The van der Waals surface area contributed by atoms with E-state index in [9.17, 15) is 18.0 Å². The number of sulfonamides is 1. The lowest BCUT2D eigenvalue weighted by atomic mass is 9.96. The highest BCUT2D eigenvalue weighted by molar-refractivity contribution is 7.91. The number of piperazine rings is 1. The van der Waals surface area contributed by atoms with E-state index in [-0.39, 0.29) is 17.7 Å². The summed E-state index contributed by atoms with van der Waals surface area (Å²) < 4.78 is 26.9. The summed E-state index contributed by atoms with van der Waals surface area (Å²) in [5.74, 6) is -0.124. The van der Waals surface area contributed by atoms with Crippen molar-refractivity contribution in [3.63, 3.8) is 0 Å². The molecule has 0 N–H and O–H groups in total. The topological polar surface area (TPSA) is 78.0 Å². The average Bonchev–Trinajstić information content (AvgIpc) is 3.17. The van der Waals surface area contributed by atoms with Crippen LogP contribution in [0.2, 0.25) is 0 Å². The first-order valence-corrected chi connectivity index (χ1v) is 10.8. The standard InChI is InChI=1S/C16H23N3O4S2/c1-13(20)18-6-2-4-14(12-18)16(21)17-7-9-19(10-8-17)25(22,23)15-5-3-11-24-15/h3,5,11,14H,2,4,6-10,12H2,1H3/t14-/m0/s1. The largest absolute Gasteiger partial charge is 0.342 e. The molecule has 0 saturated carbocycles. The number of amides is 2. The highest BCUT2D eigenvalue weighted by Crippen LogP contribution is 2.24. The maximum Gasteiger partial charge on any atom is 0.252 e. The lowest BCUT2D eigenvalue weighted by Gasteiger charge is -2.38. The zero-order chi connectivity index (χ0) is 18.0. The van der Waals surface area contributed by atoms with Gasteiger partial charge in [-0.15, -0.1) is 11.3 Å². The number of carbonyl (C=O) groups is 2. The van der Waals surface area contributed by atoms with Gasteiger partial charge in [-0.1, -0.05) is 6.07 Å². The minimum Gasteiger partial charge on any atom is -0.342 e. The van der Waals surface area contributed by atoms with Crippen molar-refractivity contribution in [1.29, 1.82) is 0 Å². The van der Waals surface area contributed by atoms with Gasteiger partial charge in [-0.3, -0.25) is 9.59 Å². The Kier molecular flexibility index (Phi) is 5.45. The molecule has 0 unspecified atom stereocenters. The van der Waals surface area contributed by atoms with Crippen molar-refractivity contribution in [2.24, 2.45) is 5.92 Å². The van der Waals surface area contributed by atoms with Crippen LogP contribution in [0.4, 0.5) is 0 Å². The highest BCUT2D eigenvalue weighted by Gasteiger charge is 2.34. The van der Waals surface area contributed by atoms with Crippen molar-refractivity contribution >= 4 is 33.2 Å². The summed E-state index contributed by atoms with van der Waals surface area (Å²) in [6.45, 7) is 4.15. The molecule has 0 bridgehead atoms. The Labute approximate surface area is 152 Å². The minimum absolute atomic E-state index is 0.00404. The van der Waals surface area contributed by atoms with Crippen LogP contribution in [0.1, 0.15) is 19.8 Å². The van der Waals surface area contributed by atoms with Crippen LogP contribution in [0.5, 0.6) is 0 Å². The molecule has 2 aliphatic rings. The molecule has 1 aromatic heterocycles. The lowest BCUT2D eigenvalue weighted by molar-refractivity contribution is -0.141. The maximum atomic E-state index is 12.7. The zero-order valence-corrected chi connectivity index (χ0v) is 15.9. The molecule has 0 spiro atoms. The third-order valence-electron chi connectivity index (χ3n) is 4.86. The van der Waals surface area contributed by atoms with E-state index < -0.39 is 10.0 Å². The molecule has 2 saturated heterocycles. The van der Waals surface area contributed by atoms with Gasteiger partial charge in [0, 0.05) is 46.2 Å². The van der Waals surface area contributed by atoms with Crippen molar-refractivity contribution in [3.05, 3.63) is 17.5 Å². The number of likely N-dealkylation sites (tertiary alicyclic amines) is 1. The van der Waals surface area contributed by atoms with Crippen LogP contribution in [0, 0.1) is 5.92 Å². The van der Waals surface area contributed by atoms with E-state index in [0.29, 0.717) is 43.5 Å². The van der Waals surface area contributed by atoms with Gasteiger partial charge >= 0.3 is 0 Å². The normalized spacial score (nSPS) is 22.8.